The Morgan fingerprint density at radius 1 is 0.850 bits per heavy atom. The fraction of sp³-hybridized carbons (Fsp3) is 0.200. The SMILES string of the molecule is COC(=O)C1=C(C(=O)OC)SC(=C2C(=S)C(C)(C)N(C(=O)COc3cccc4ccccc34)c3ccccc32)S1. The van der Waals surface area contributed by atoms with Crippen LogP contribution in [0.2, 0.25) is 0 Å². The number of para-hydroxylation sites is 1. The van der Waals surface area contributed by atoms with Gasteiger partial charge in [-0.15, -0.1) is 0 Å². The second-order valence-corrected chi connectivity index (χ2v) is 12.1. The Balaban J connectivity index is 1.52. The largest absolute Gasteiger partial charge is 0.483 e. The van der Waals surface area contributed by atoms with Crippen molar-refractivity contribution >= 4 is 80.5 Å². The highest BCUT2D eigenvalue weighted by atomic mass is 32.2. The quantitative estimate of drug-likeness (QED) is 0.198. The first-order chi connectivity index (χ1) is 19.2. The van der Waals surface area contributed by atoms with E-state index in [2.05, 4.69) is 0 Å². The number of ether oxygens (including phenoxy) is 3. The monoisotopic (exact) mass is 591 g/mol. The van der Waals surface area contributed by atoms with Gasteiger partial charge in [0, 0.05) is 16.5 Å². The molecule has 3 aromatic rings. The second-order valence-electron chi connectivity index (χ2n) is 9.41. The van der Waals surface area contributed by atoms with Crippen LogP contribution in [-0.4, -0.2) is 49.1 Å². The summed E-state index contributed by atoms with van der Waals surface area (Å²) in [5, 5.41) is 1.94. The normalized spacial score (nSPS) is 16.2. The summed E-state index contributed by atoms with van der Waals surface area (Å²) in [6.07, 6.45) is 0. The molecule has 0 radical (unpaired) electrons. The van der Waals surface area contributed by atoms with Crippen molar-refractivity contribution in [3.8, 4) is 5.75 Å². The molecule has 0 spiro atoms. The minimum atomic E-state index is -0.925. The predicted molar refractivity (Wildman–Crippen MR) is 163 cm³/mol. The van der Waals surface area contributed by atoms with E-state index in [-0.39, 0.29) is 22.3 Å². The number of rotatable bonds is 5. The lowest BCUT2D eigenvalue weighted by molar-refractivity contribution is -0.138. The maximum Gasteiger partial charge on any atom is 0.346 e. The fourth-order valence-electron chi connectivity index (χ4n) is 4.74. The summed E-state index contributed by atoms with van der Waals surface area (Å²) in [7, 11) is 2.52. The number of hydrogen-bond acceptors (Lipinski definition) is 9. The third-order valence-corrected chi connectivity index (χ3v) is 9.91. The molecule has 7 nitrogen and oxygen atoms in total. The van der Waals surface area contributed by atoms with Crippen LogP contribution >= 0.6 is 35.7 Å². The van der Waals surface area contributed by atoms with Crippen molar-refractivity contribution in [1.82, 2.24) is 0 Å². The average Bonchev–Trinajstić information content (AvgIpc) is 3.40. The molecule has 0 atom stereocenters. The van der Waals surface area contributed by atoms with Crippen molar-refractivity contribution in [1.29, 1.82) is 0 Å². The fourth-order valence-corrected chi connectivity index (χ4v) is 7.77. The molecule has 0 aliphatic carbocycles. The van der Waals surface area contributed by atoms with E-state index in [1.165, 1.54) is 14.2 Å². The van der Waals surface area contributed by atoms with E-state index < -0.39 is 17.5 Å². The summed E-state index contributed by atoms with van der Waals surface area (Å²) in [6, 6.07) is 21.0. The molecule has 0 bridgehead atoms. The van der Waals surface area contributed by atoms with E-state index in [4.69, 9.17) is 26.4 Å². The lowest BCUT2D eigenvalue weighted by Crippen LogP contribution is -2.57. The van der Waals surface area contributed by atoms with Crippen molar-refractivity contribution in [2.24, 2.45) is 0 Å². The van der Waals surface area contributed by atoms with Crippen molar-refractivity contribution in [2.75, 3.05) is 25.7 Å². The molecule has 2 aliphatic heterocycles. The van der Waals surface area contributed by atoms with Gasteiger partial charge in [0.05, 0.1) is 34.5 Å². The van der Waals surface area contributed by atoms with Gasteiger partial charge in [0.15, 0.2) is 6.61 Å². The highest BCUT2D eigenvalue weighted by molar-refractivity contribution is 8.29. The number of fused-ring (bicyclic) bond motifs is 2. The standard InChI is InChI=1S/C30H25NO6S3/c1-30(2)26(38)23(29-39-24(27(33)35-3)25(40-29)28(34)36-4)19-13-7-8-14-20(19)31(30)22(32)16-37-21-15-9-11-17-10-5-6-12-18(17)21/h5-15H,16H2,1-4H3. The molecule has 5 rings (SSSR count). The van der Waals surface area contributed by atoms with Crippen LogP contribution in [0.25, 0.3) is 16.3 Å². The molecule has 10 heteroatoms. The number of carbonyl (C=O) groups is 3. The number of methoxy groups -OCH3 is 2. The van der Waals surface area contributed by atoms with Gasteiger partial charge in [0.25, 0.3) is 5.91 Å². The number of thioether (sulfide) groups is 2. The number of thiocarbonyl (C=S) groups is 1. The van der Waals surface area contributed by atoms with Gasteiger partial charge in [0.2, 0.25) is 0 Å². The minimum Gasteiger partial charge on any atom is -0.483 e. The number of hydrogen-bond donors (Lipinski definition) is 0. The van der Waals surface area contributed by atoms with Crippen molar-refractivity contribution < 1.29 is 28.6 Å². The Morgan fingerprint density at radius 2 is 1.45 bits per heavy atom. The van der Waals surface area contributed by atoms with Crippen molar-refractivity contribution in [3.63, 3.8) is 0 Å². The Kier molecular flexibility index (Phi) is 7.76. The highest BCUT2D eigenvalue weighted by Crippen LogP contribution is 2.56. The van der Waals surface area contributed by atoms with Crippen LogP contribution < -0.4 is 9.64 Å². The molecule has 40 heavy (non-hydrogen) atoms. The van der Waals surface area contributed by atoms with Gasteiger partial charge >= 0.3 is 11.9 Å². The molecule has 0 saturated carbocycles. The summed E-state index contributed by atoms with van der Waals surface area (Å²) in [6.45, 7) is 3.56. The van der Waals surface area contributed by atoms with E-state index in [9.17, 15) is 14.4 Å². The van der Waals surface area contributed by atoms with Crippen LogP contribution in [0.1, 0.15) is 19.4 Å². The number of anilines is 1. The molecular formula is C30H25NO6S3. The van der Waals surface area contributed by atoms with Crippen LogP contribution in [0.5, 0.6) is 5.75 Å². The zero-order chi connectivity index (χ0) is 28.6. The lowest BCUT2D eigenvalue weighted by Gasteiger charge is -2.45. The van der Waals surface area contributed by atoms with Gasteiger partial charge in [0.1, 0.15) is 15.6 Å². The first kappa shape index (κ1) is 27.9. The maximum absolute atomic E-state index is 13.8. The van der Waals surface area contributed by atoms with E-state index in [0.717, 1.165) is 39.9 Å². The molecule has 1 amide bonds. The Hall–Kier alpha value is -3.60. The molecule has 2 heterocycles. The highest BCUT2D eigenvalue weighted by Gasteiger charge is 2.46. The van der Waals surface area contributed by atoms with Gasteiger partial charge in [-0.25, -0.2) is 9.59 Å². The number of nitrogens with zero attached hydrogens (tertiary/aromatic N) is 1. The van der Waals surface area contributed by atoms with Crippen LogP contribution in [0.3, 0.4) is 0 Å². The summed E-state index contributed by atoms with van der Waals surface area (Å²) in [5.41, 5.74) is 1.13. The zero-order valence-corrected chi connectivity index (χ0v) is 24.6. The van der Waals surface area contributed by atoms with E-state index in [0.29, 0.717) is 26.1 Å². The van der Waals surface area contributed by atoms with Crippen LogP contribution in [0, 0.1) is 0 Å². The van der Waals surface area contributed by atoms with Gasteiger partial charge in [-0.1, -0.05) is 90.3 Å². The number of esters is 2. The van der Waals surface area contributed by atoms with Crippen molar-refractivity contribution in [2.45, 2.75) is 19.4 Å². The van der Waals surface area contributed by atoms with Crippen LogP contribution in [-0.2, 0) is 23.9 Å². The summed E-state index contributed by atoms with van der Waals surface area (Å²) in [4.78, 5) is 41.2. The number of benzene rings is 3. The summed E-state index contributed by atoms with van der Waals surface area (Å²) in [5.74, 6) is -0.905. The third kappa shape index (κ3) is 4.80. The van der Waals surface area contributed by atoms with E-state index in [1.807, 2.05) is 80.6 Å². The Morgan fingerprint density at radius 3 is 2.12 bits per heavy atom. The molecule has 0 unspecified atom stereocenters. The molecule has 0 saturated heterocycles. The summed E-state index contributed by atoms with van der Waals surface area (Å²) < 4.78 is 16.5. The first-order valence-corrected chi connectivity index (χ1v) is 14.3. The molecule has 0 N–H and O–H groups in total. The average molecular weight is 592 g/mol. The Labute approximate surface area is 245 Å². The Bertz CT molecular complexity index is 1610. The predicted octanol–water partition coefficient (Wildman–Crippen LogP) is 6.12. The van der Waals surface area contributed by atoms with Gasteiger partial charge < -0.3 is 14.2 Å². The number of amides is 1. The minimum absolute atomic E-state index is 0.141. The summed E-state index contributed by atoms with van der Waals surface area (Å²) >= 11 is 8.25. The maximum atomic E-state index is 13.8. The number of carbonyl (C=O) groups excluding carboxylic acids is 3. The van der Waals surface area contributed by atoms with Crippen LogP contribution in [0.15, 0.2) is 80.8 Å². The molecule has 0 fully saturated rings. The zero-order valence-electron chi connectivity index (χ0n) is 22.2. The smallest absolute Gasteiger partial charge is 0.346 e. The third-order valence-electron chi connectivity index (χ3n) is 6.65. The van der Waals surface area contributed by atoms with Crippen molar-refractivity contribution in [3.05, 3.63) is 86.3 Å². The first-order valence-electron chi connectivity index (χ1n) is 12.3. The van der Waals surface area contributed by atoms with E-state index >= 15 is 0 Å². The molecule has 3 aromatic carbocycles. The molecule has 2 aliphatic rings. The van der Waals surface area contributed by atoms with Gasteiger partial charge in [-0.3, -0.25) is 9.69 Å². The molecule has 204 valence electrons. The second kappa shape index (κ2) is 11.1. The van der Waals surface area contributed by atoms with E-state index in [1.54, 1.807) is 4.90 Å². The van der Waals surface area contributed by atoms with Crippen LogP contribution in [0.4, 0.5) is 5.69 Å². The molecular weight excluding hydrogens is 567 g/mol. The molecule has 0 aromatic heterocycles. The van der Waals surface area contributed by atoms with Gasteiger partial charge in [-0.05, 0) is 31.4 Å². The lowest BCUT2D eigenvalue weighted by atomic mass is 9.83. The van der Waals surface area contributed by atoms with Gasteiger partial charge in [-0.2, -0.15) is 0 Å². The topological polar surface area (TPSA) is 82.1 Å².